The quantitative estimate of drug-likeness (QED) is 0.822. The molecule has 1 fully saturated rings. The van der Waals surface area contributed by atoms with Gasteiger partial charge in [-0.3, -0.25) is 0 Å². The first-order valence-electron chi connectivity index (χ1n) is 7.12. The van der Waals surface area contributed by atoms with Crippen molar-refractivity contribution in [1.82, 2.24) is 9.97 Å². The van der Waals surface area contributed by atoms with Crippen LogP contribution in [0.3, 0.4) is 0 Å². The highest BCUT2D eigenvalue weighted by molar-refractivity contribution is 6.31. The minimum Gasteiger partial charge on any atom is -0.389 e. The van der Waals surface area contributed by atoms with E-state index in [4.69, 9.17) is 16.3 Å². The van der Waals surface area contributed by atoms with Crippen LogP contribution in [-0.4, -0.2) is 40.9 Å². The molecule has 1 saturated carbocycles. The lowest BCUT2D eigenvalue weighted by molar-refractivity contribution is 0.0386. The number of rotatable bonds is 7. The summed E-state index contributed by atoms with van der Waals surface area (Å²) < 4.78 is 5.47. The van der Waals surface area contributed by atoms with Crippen molar-refractivity contribution in [2.75, 3.05) is 25.1 Å². The standard InChI is InChI=1S/C15H18ClN3O2/c16-11-3-4-13-14(5-11)18-9-19-15(13)17-6-12(20)8-21-7-10-1-2-10/h3-5,9-10,12,20H,1-2,6-8H2,(H,17,18,19). The van der Waals surface area contributed by atoms with E-state index < -0.39 is 6.10 Å². The Hall–Kier alpha value is -1.43. The molecule has 0 amide bonds. The van der Waals surface area contributed by atoms with Crippen molar-refractivity contribution < 1.29 is 9.84 Å². The minimum atomic E-state index is -0.555. The Morgan fingerprint density at radius 3 is 3.05 bits per heavy atom. The number of anilines is 1. The van der Waals surface area contributed by atoms with Crippen molar-refractivity contribution in [3.8, 4) is 0 Å². The first-order chi connectivity index (χ1) is 10.2. The van der Waals surface area contributed by atoms with Gasteiger partial charge in [-0.1, -0.05) is 11.6 Å². The zero-order valence-corrected chi connectivity index (χ0v) is 12.4. The second kappa shape index (κ2) is 6.56. The Labute approximate surface area is 128 Å². The van der Waals surface area contributed by atoms with Gasteiger partial charge >= 0.3 is 0 Å². The van der Waals surface area contributed by atoms with Gasteiger partial charge in [0, 0.05) is 23.6 Å². The van der Waals surface area contributed by atoms with Crippen molar-refractivity contribution >= 4 is 28.3 Å². The molecule has 6 heteroatoms. The van der Waals surface area contributed by atoms with Gasteiger partial charge in [0.25, 0.3) is 0 Å². The van der Waals surface area contributed by atoms with E-state index in [2.05, 4.69) is 15.3 Å². The number of halogens is 1. The molecule has 2 N–H and O–H groups in total. The second-order valence-corrected chi connectivity index (χ2v) is 5.84. The van der Waals surface area contributed by atoms with Crippen molar-refractivity contribution in [3.63, 3.8) is 0 Å². The Bertz CT molecular complexity index is 619. The van der Waals surface area contributed by atoms with E-state index in [9.17, 15) is 5.11 Å². The Kier molecular flexibility index (Phi) is 4.53. The van der Waals surface area contributed by atoms with E-state index in [1.54, 1.807) is 12.1 Å². The third-order valence-corrected chi connectivity index (χ3v) is 3.70. The highest BCUT2D eigenvalue weighted by atomic mass is 35.5. The summed E-state index contributed by atoms with van der Waals surface area (Å²) in [4.78, 5) is 8.39. The van der Waals surface area contributed by atoms with Gasteiger partial charge in [0.2, 0.25) is 0 Å². The lowest BCUT2D eigenvalue weighted by Crippen LogP contribution is -2.25. The van der Waals surface area contributed by atoms with Gasteiger partial charge in [0.15, 0.2) is 0 Å². The zero-order valence-electron chi connectivity index (χ0n) is 11.6. The molecule has 0 spiro atoms. The highest BCUT2D eigenvalue weighted by Crippen LogP contribution is 2.28. The zero-order chi connectivity index (χ0) is 14.7. The molecule has 1 aromatic heterocycles. The van der Waals surface area contributed by atoms with Gasteiger partial charge in [0.1, 0.15) is 12.1 Å². The molecule has 112 valence electrons. The summed E-state index contributed by atoms with van der Waals surface area (Å²) in [5.74, 6) is 1.40. The number of nitrogens with one attached hydrogen (secondary N) is 1. The molecule has 1 atom stereocenters. The van der Waals surface area contributed by atoms with Crippen LogP contribution in [-0.2, 0) is 4.74 Å². The SMILES string of the molecule is OC(CNc1ncnc2cc(Cl)ccc12)COCC1CC1. The number of hydrogen-bond acceptors (Lipinski definition) is 5. The number of fused-ring (bicyclic) bond motifs is 1. The molecule has 1 unspecified atom stereocenters. The van der Waals surface area contributed by atoms with Gasteiger partial charge in [-0.2, -0.15) is 0 Å². The number of aliphatic hydroxyl groups excluding tert-OH is 1. The van der Waals surface area contributed by atoms with Crippen LogP contribution in [0.5, 0.6) is 0 Å². The third-order valence-electron chi connectivity index (χ3n) is 3.46. The van der Waals surface area contributed by atoms with E-state index >= 15 is 0 Å². The van der Waals surface area contributed by atoms with Crippen LogP contribution in [0, 0.1) is 5.92 Å². The fourth-order valence-electron chi connectivity index (χ4n) is 2.10. The van der Waals surface area contributed by atoms with E-state index in [-0.39, 0.29) is 0 Å². The van der Waals surface area contributed by atoms with Gasteiger partial charge < -0.3 is 15.2 Å². The average molecular weight is 308 g/mol. The minimum absolute atomic E-state index is 0.346. The van der Waals surface area contributed by atoms with Crippen LogP contribution in [0.2, 0.25) is 5.02 Å². The van der Waals surface area contributed by atoms with E-state index in [1.807, 2.05) is 6.07 Å². The van der Waals surface area contributed by atoms with Crippen LogP contribution < -0.4 is 5.32 Å². The Morgan fingerprint density at radius 2 is 2.24 bits per heavy atom. The molecule has 1 aliphatic carbocycles. The molecule has 1 heterocycles. The van der Waals surface area contributed by atoms with E-state index in [1.165, 1.54) is 19.2 Å². The van der Waals surface area contributed by atoms with Crippen molar-refractivity contribution in [2.24, 2.45) is 5.92 Å². The molecule has 3 rings (SSSR count). The predicted octanol–water partition coefficient (Wildman–Crippen LogP) is 2.48. The van der Waals surface area contributed by atoms with Gasteiger partial charge in [-0.15, -0.1) is 0 Å². The van der Waals surface area contributed by atoms with Crippen molar-refractivity contribution in [1.29, 1.82) is 0 Å². The Morgan fingerprint density at radius 1 is 1.38 bits per heavy atom. The van der Waals surface area contributed by atoms with Crippen molar-refractivity contribution in [2.45, 2.75) is 18.9 Å². The summed E-state index contributed by atoms with van der Waals surface area (Å²) in [6.45, 7) is 1.49. The maximum Gasteiger partial charge on any atom is 0.137 e. The third kappa shape index (κ3) is 4.03. The predicted molar refractivity (Wildman–Crippen MR) is 82.6 cm³/mol. The normalized spacial score (nSPS) is 16.1. The first kappa shape index (κ1) is 14.5. The molecule has 0 radical (unpaired) electrons. The van der Waals surface area contributed by atoms with E-state index in [0.29, 0.717) is 29.9 Å². The largest absolute Gasteiger partial charge is 0.389 e. The molecule has 21 heavy (non-hydrogen) atoms. The summed E-state index contributed by atoms with van der Waals surface area (Å²) >= 11 is 5.95. The monoisotopic (exact) mass is 307 g/mol. The molecule has 1 aromatic carbocycles. The molecule has 0 bridgehead atoms. The van der Waals surface area contributed by atoms with Crippen LogP contribution in [0.1, 0.15) is 12.8 Å². The van der Waals surface area contributed by atoms with Crippen LogP contribution >= 0.6 is 11.6 Å². The molecule has 5 nitrogen and oxygen atoms in total. The molecular weight excluding hydrogens is 290 g/mol. The smallest absolute Gasteiger partial charge is 0.137 e. The maximum atomic E-state index is 9.91. The number of aliphatic hydroxyl groups is 1. The molecule has 0 saturated heterocycles. The highest BCUT2D eigenvalue weighted by Gasteiger charge is 2.21. The van der Waals surface area contributed by atoms with Crippen LogP contribution in [0.15, 0.2) is 24.5 Å². The summed E-state index contributed by atoms with van der Waals surface area (Å²) in [6, 6.07) is 5.46. The summed E-state index contributed by atoms with van der Waals surface area (Å²) in [6.07, 6.45) is 3.44. The van der Waals surface area contributed by atoms with Crippen LogP contribution in [0.25, 0.3) is 10.9 Å². The fourth-order valence-corrected chi connectivity index (χ4v) is 2.27. The topological polar surface area (TPSA) is 67.3 Å². The number of benzene rings is 1. The second-order valence-electron chi connectivity index (χ2n) is 5.40. The Balaban J connectivity index is 1.56. The molecule has 0 aliphatic heterocycles. The number of hydrogen-bond donors (Lipinski definition) is 2. The van der Waals surface area contributed by atoms with Gasteiger partial charge in [-0.25, -0.2) is 9.97 Å². The van der Waals surface area contributed by atoms with Gasteiger partial charge in [-0.05, 0) is 37.0 Å². The average Bonchev–Trinajstić information content (AvgIpc) is 3.29. The molecular formula is C15H18ClN3O2. The first-order valence-corrected chi connectivity index (χ1v) is 7.50. The van der Waals surface area contributed by atoms with E-state index in [0.717, 1.165) is 17.5 Å². The number of ether oxygens (including phenoxy) is 1. The molecule has 1 aliphatic rings. The number of aromatic nitrogens is 2. The summed E-state index contributed by atoms with van der Waals surface area (Å²) in [5, 5.41) is 14.6. The maximum absolute atomic E-state index is 9.91. The van der Waals surface area contributed by atoms with Gasteiger partial charge in [0.05, 0.1) is 18.2 Å². The lowest BCUT2D eigenvalue weighted by Gasteiger charge is -2.13. The fraction of sp³-hybridized carbons (Fsp3) is 0.467. The van der Waals surface area contributed by atoms with Crippen molar-refractivity contribution in [3.05, 3.63) is 29.5 Å². The van der Waals surface area contributed by atoms with Crippen LogP contribution in [0.4, 0.5) is 5.82 Å². The summed E-state index contributed by atoms with van der Waals surface area (Å²) in [7, 11) is 0. The number of nitrogens with zero attached hydrogens (tertiary/aromatic N) is 2. The lowest BCUT2D eigenvalue weighted by atomic mass is 10.2. The molecule has 2 aromatic rings. The summed E-state index contributed by atoms with van der Waals surface area (Å²) in [5.41, 5.74) is 0.777.